The van der Waals surface area contributed by atoms with Crippen molar-refractivity contribution in [3.63, 3.8) is 0 Å². The molecule has 60 heavy (non-hydrogen) atoms. The molecule has 0 amide bonds. The summed E-state index contributed by atoms with van der Waals surface area (Å²) in [6, 6.07) is 17.7. The Kier molecular flexibility index (Phi) is 38.9. The summed E-state index contributed by atoms with van der Waals surface area (Å²) in [5, 5.41) is 0. The van der Waals surface area contributed by atoms with Gasteiger partial charge in [-0.3, -0.25) is 12.2 Å². The van der Waals surface area contributed by atoms with Crippen molar-refractivity contribution in [3.8, 4) is 0 Å². The van der Waals surface area contributed by atoms with Gasteiger partial charge in [-0.05, 0) is 80.3 Å². The van der Waals surface area contributed by atoms with Gasteiger partial charge in [0.1, 0.15) is 0 Å². The third kappa shape index (κ3) is 25.4. The molecule has 0 N–H and O–H groups in total. The fourth-order valence-corrected chi connectivity index (χ4v) is 8.05. The number of aryl methyl sites for hydroxylation is 2. The normalized spacial score (nSPS) is 12.1. The molecule has 1 heterocycles. The minimum absolute atomic E-state index is 0. The smallest absolute Gasteiger partial charge is 0.518 e. The molecule has 0 fully saturated rings. The molecule has 0 atom stereocenters. The second kappa shape index (κ2) is 40.6. The number of allylic oxidation sites excluding steroid dienone is 4. The van der Waals surface area contributed by atoms with Crippen LogP contribution in [0.2, 0.25) is 0 Å². The van der Waals surface area contributed by atoms with E-state index in [9.17, 15) is 5.53 Å². The molecule has 0 aromatic heterocycles. The van der Waals surface area contributed by atoms with Crippen molar-refractivity contribution in [1.82, 2.24) is 0 Å². The van der Waals surface area contributed by atoms with E-state index >= 15 is 0 Å². The van der Waals surface area contributed by atoms with E-state index in [1.807, 2.05) is 0 Å². The Morgan fingerprint density at radius 1 is 0.433 bits per heavy atom. The van der Waals surface area contributed by atoms with Gasteiger partial charge in [-0.25, -0.2) is 4.70 Å². The number of hydrogen-bond acceptors (Lipinski definition) is 0. The first kappa shape index (κ1) is 57.5. The fraction of sp³-hybridized carbons (Fsp3) is 0.649. The monoisotopic (exact) mass is 863 g/mol. The zero-order chi connectivity index (χ0) is 43.2. The summed E-state index contributed by atoms with van der Waals surface area (Å²) in [5.74, 6) is 0. The van der Waals surface area contributed by atoms with E-state index in [-0.39, 0.29) is 16.5 Å². The fourth-order valence-electron chi connectivity index (χ4n) is 8.05. The van der Waals surface area contributed by atoms with Crippen LogP contribution >= 0.6 is 0 Å². The van der Waals surface area contributed by atoms with Crippen LogP contribution in [0.15, 0.2) is 71.8 Å². The summed E-state index contributed by atoms with van der Waals surface area (Å²) in [5.41, 5.74) is 21.5. The first-order chi connectivity index (χ1) is 29.0. The first-order valence-corrected chi connectivity index (χ1v) is 25.2. The molecule has 2 nitrogen and oxygen atoms in total. The molecular weight excluding hydrogens is 771 g/mol. The van der Waals surface area contributed by atoms with E-state index in [1.54, 1.807) is 12.2 Å². The van der Waals surface area contributed by atoms with E-state index in [1.165, 1.54) is 168 Å². The van der Waals surface area contributed by atoms with Crippen LogP contribution < -0.4 is 0 Å². The maximum absolute atomic E-state index is 11.8. The first-order valence-electron chi connectivity index (χ1n) is 25.2. The third-order valence-corrected chi connectivity index (χ3v) is 11.7. The Bertz CT molecular complexity index is 1410. The van der Waals surface area contributed by atoms with E-state index in [0.29, 0.717) is 0 Å². The van der Waals surface area contributed by atoms with Gasteiger partial charge < -0.3 is 18.7 Å². The summed E-state index contributed by atoms with van der Waals surface area (Å²) in [7, 11) is 0. The van der Waals surface area contributed by atoms with Crippen molar-refractivity contribution in [2.75, 3.05) is 0 Å². The Hall–Kier alpha value is -2.51. The standard InChI is InChI=1S/C33H46N2.2C12H23.Ni/c1-5-9-12-14-17-27-19-16-21-29(25-27)33-30(22-11-7-3)31(23-13-10-6-2)32(35(33)34)28-20-15-18-26(8-4)24-28;2*1-3-5-7-9-11-12-10-8-6-4-2;/h15-16,18-21,24-25H,5-14,17,22-23H2,1-4H3;2*1,3H,4-12H2,2H3;/q;2*-1;+2. The zero-order valence-corrected chi connectivity index (χ0v) is 41.0. The van der Waals surface area contributed by atoms with Crippen molar-refractivity contribution in [2.45, 2.75) is 241 Å². The van der Waals surface area contributed by atoms with Crippen molar-refractivity contribution in [2.24, 2.45) is 0 Å². The van der Waals surface area contributed by atoms with E-state index in [2.05, 4.69) is 90.1 Å². The SMILES string of the molecule is CCCCCCc1cccc(C2=C(CCCC)C(CCCCC)=C(c3cccc(CC)c3)[N+]2=[N-])c1.[CH-]=CCCCCCCCCCC.[CH-]=CCCCCCCCCCC.[Ni+2]. The van der Waals surface area contributed by atoms with Gasteiger partial charge in [0, 0.05) is 22.3 Å². The summed E-state index contributed by atoms with van der Waals surface area (Å²) < 4.78 is 1.54. The molecule has 0 aliphatic carbocycles. The van der Waals surface area contributed by atoms with Crippen LogP contribution in [0.1, 0.15) is 250 Å². The minimum atomic E-state index is 0. The Labute approximate surface area is 384 Å². The number of nitrogens with zero attached hydrogens (tertiary/aromatic N) is 2. The van der Waals surface area contributed by atoms with Gasteiger partial charge in [0.15, 0.2) is 0 Å². The van der Waals surface area contributed by atoms with Crippen LogP contribution in [-0.4, -0.2) is 4.70 Å². The third-order valence-electron chi connectivity index (χ3n) is 11.7. The topological polar surface area (TPSA) is 25.3 Å². The van der Waals surface area contributed by atoms with E-state index in [0.717, 1.165) is 80.3 Å². The Morgan fingerprint density at radius 3 is 1.22 bits per heavy atom. The van der Waals surface area contributed by atoms with Crippen LogP contribution in [0.5, 0.6) is 0 Å². The molecule has 0 bridgehead atoms. The largest absolute Gasteiger partial charge is 2.00 e. The van der Waals surface area contributed by atoms with Gasteiger partial charge in [0.2, 0.25) is 11.4 Å². The van der Waals surface area contributed by atoms with E-state index < -0.39 is 0 Å². The molecule has 0 saturated heterocycles. The van der Waals surface area contributed by atoms with Crippen molar-refractivity contribution in [3.05, 3.63) is 113 Å². The quantitative estimate of drug-likeness (QED) is 0.0296. The predicted octanol–water partition coefficient (Wildman–Crippen LogP) is 19.3. The van der Waals surface area contributed by atoms with Gasteiger partial charge in [0.05, 0.1) is 0 Å². The predicted molar refractivity (Wildman–Crippen MR) is 263 cm³/mol. The second-order valence-corrected chi connectivity index (χ2v) is 17.1. The van der Waals surface area contributed by atoms with Crippen LogP contribution in [-0.2, 0) is 29.3 Å². The molecule has 0 spiro atoms. The number of benzene rings is 2. The van der Waals surface area contributed by atoms with Gasteiger partial charge in [-0.2, -0.15) is 0 Å². The summed E-state index contributed by atoms with van der Waals surface area (Å²) in [6.07, 6.45) is 43.0. The molecule has 340 valence electrons. The van der Waals surface area contributed by atoms with Gasteiger partial charge >= 0.3 is 16.5 Å². The molecule has 1 aliphatic heterocycles. The number of hydrogen-bond donors (Lipinski definition) is 0. The average molecular weight is 864 g/mol. The maximum atomic E-state index is 11.8. The molecule has 0 saturated carbocycles. The van der Waals surface area contributed by atoms with Gasteiger partial charge in [-0.1, -0.05) is 220 Å². The Morgan fingerprint density at radius 2 is 0.783 bits per heavy atom. The van der Waals surface area contributed by atoms with Crippen molar-refractivity contribution < 1.29 is 21.2 Å². The van der Waals surface area contributed by atoms with Crippen molar-refractivity contribution >= 4 is 11.4 Å². The molecule has 3 rings (SSSR count). The average Bonchev–Trinajstić information content (AvgIpc) is 3.54. The van der Waals surface area contributed by atoms with Crippen molar-refractivity contribution in [1.29, 1.82) is 0 Å². The minimum Gasteiger partial charge on any atom is -0.518 e. The van der Waals surface area contributed by atoms with Crippen LogP contribution in [0.25, 0.3) is 16.9 Å². The molecule has 0 radical (unpaired) electrons. The van der Waals surface area contributed by atoms with Crippen LogP contribution in [0.3, 0.4) is 0 Å². The number of rotatable bonds is 33. The zero-order valence-electron chi connectivity index (χ0n) is 40.1. The van der Waals surface area contributed by atoms with Crippen LogP contribution in [0.4, 0.5) is 0 Å². The molecule has 2 aromatic rings. The molecule has 0 unspecified atom stereocenters. The molecular formula is C57H92N2Ni. The van der Waals surface area contributed by atoms with Crippen LogP contribution in [0, 0.1) is 13.2 Å². The van der Waals surface area contributed by atoms with E-state index in [4.69, 9.17) is 13.2 Å². The van der Waals surface area contributed by atoms with Gasteiger partial charge in [0.25, 0.3) is 0 Å². The number of unbranched alkanes of at least 4 members (excludes halogenated alkanes) is 22. The maximum Gasteiger partial charge on any atom is 2.00 e. The summed E-state index contributed by atoms with van der Waals surface area (Å²) >= 11 is 0. The van der Waals surface area contributed by atoms with Gasteiger partial charge in [-0.15, -0.1) is 0 Å². The molecule has 2 aromatic carbocycles. The summed E-state index contributed by atoms with van der Waals surface area (Å²) in [6.45, 7) is 24.1. The summed E-state index contributed by atoms with van der Waals surface area (Å²) in [4.78, 5) is 0. The second-order valence-electron chi connectivity index (χ2n) is 17.1. The molecule has 3 heteroatoms. The molecule has 1 aliphatic rings. The Balaban J connectivity index is 0.00000114.